The Morgan fingerprint density at radius 3 is 2.70 bits per heavy atom. The van der Waals surface area contributed by atoms with E-state index in [1.165, 1.54) is 0 Å². The van der Waals surface area contributed by atoms with E-state index in [1.807, 2.05) is 43.9 Å². The summed E-state index contributed by atoms with van der Waals surface area (Å²) >= 11 is 0. The standard InChI is InChI=1S/C15H25N3O2/c1-4-10-20-13-9-7-8-12(15(13)16)18(6-3)11-14(19)17-5-2/h7-9H,4-6,10-11,16H2,1-3H3,(H,17,19). The lowest BCUT2D eigenvalue weighted by Gasteiger charge is -2.25. The Kier molecular flexibility index (Phi) is 6.70. The molecule has 5 heteroatoms. The van der Waals surface area contributed by atoms with Crippen molar-refractivity contribution in [2.75, 3.05) is 36.9 Å². The highest BCUT2D eigenvalue weighted by molar-refractivity contribution is 5.84. The average molecular weight is 279 g/mol. The molecule has 0 saturated heterocycles. The fraction of sp³-hybridized carbons (Fsp3) is 0.533. The van der Waals surface area contributed by atoms with Crippen LogP contribution in [0, 0.1) is 0 Å². The third-order valence-corrected chi connectivity index (χ3v) is 2.94. The summed E-state index contributed by atoms with van der Waals surface area (Å²) < 4.78 is 5.62. The zero-order valence-corrected chi connectivity index (χ0v) is 12.6. The summed E-state index contributed by atoms with van der Waals surface area (Å²) in [7, 11) is 0. The van der Waals surface area contributed by atoms with E-state index >= 15 is 0 Å². The lowest BCUT2D eigenvalue weighted by Crippen LogP contribution is -2.37. The summed E-state index contributed by atoms with van der Waals surface area (Å²) in [5, 5.41) is 2.80. The van der Waals surface area contributed by atoms with Crippen molar-refractivity contribution in [3.63, 3.8) is 0 Å². The van der Waals surface area contributed by atoms with Crippen LogP contribution in [0.2, 0.25) is 0 Å². The summed E-state index contributed by atoms with van der Waals surface area (Å²) in [4.78, 5) is 13.7. The van der Waals surface area contributed by atoms with Crippen LogP contribution in [0.4, 0.5) is 11.4 Å². The van der Waals surface area contributed by atoms with Gasteiger partial charge in [0.25, 0.3) is 0 Å². The molecule has 0 saturated carbocycles. The molecule has 20 heavy (non-hydrogen) atoms. The molecule has 0 aliphatic heterocycles. The van der Waals surface area contributed by atoms with Crippen molar-refractivity contribution in [3.05, 3.63) is 18.2 Å². The fourth-order valence-electron chi connectivity index (χ4n) is 1.94. The normalized spacial score (nSPS) is 10.2. The molecule has 0 aromatic heterocycles. The Balaban J connectivity index is 2.89. The number of carbonyl (C=O) groups is 1. The highest BCUT2D eigenvalue weighted by atomic mass is 16.5. The molecule has 112 valence electrons. The molecule has 0 unspecified atom stereocenters. The van der Waals surface area contributed by atoms with Gasteiger partial charge in [-0.2, -0.15) is 0 Å². The number of nitrogen functional groups attached to an aromatic ring is 1. The summed E-state index contributed by atoms with van der Waals surface area (Å²) in [5.74, 6) is 0.673. The number of nitrogens with one attached hydrogen (secondary N) is 1. The van der Waals surface area contributed by atoms with Gasteiger partial charge in [0.1, 0.15) is 5.75 Å². The molecular weight excluding hydrogens is 254 g/mol. The Hall–Kier alpha value is -1.91. The highest BCUT2D eigenvalue weighted by Crippen LogP contribution is 2.32. The number of ether oxygens (including phenoxy) is 1. The quantitative estimate of drug-likeness (QED) is 0.714. The number of amides is 1. The smallest absolute Gasteiger partial charge is 0.239 e. The maximum atomic E-state index is 11.7. The van der Waals surface area contributed by atoms with Crippen molar-refractivity contribution in [2.24, 2.45) is 0 Å². The van der Waals surface area contributed by atoms with E-state index in [-0.39, 0.29) is 5.91 Å². The monoisotopic (exact) mass is 279 g/mol. The molecule has 0 spiro atoms. The van der Waals surface area contributed by atoms with Crippen LogP contribution in [0.3, 0.4) is 0 Å². The molecule has 1 rings (SSSR count). The van der Waals surface area contributed by atoms with E-state index < -0.39 is 0 Å². The van der Waals surface area contributed by atoms with Gasteiger partial charge in [-0.25, -0.2) is 0 Å². The molecule has 0 atom stereocenters. The lowest BCUT2D eigenvalue weighted by atomic mass is 10.2. The van der Waals surface area contributed by atoms with Crippen LogP contribution in [0.1, 0.15) is 27.2 Å². The molecule has 0 radical (unpaired) electrons. The first-order chi connectivity index (χ1) is 9.63. The minimum Gasteiger partial charge on any atom is -0.491 e. The lowest BCUT2D eigenvalue weighted by molar-refractivity contribution is -0.119. The first kappa shape index (κ1) is 16.1. The number of rotatable bonds is 8. The van der Waals surface area contributed by atoms with Gasteiger partial charge < -0.3 is 20.7 Å². The van der Waals surface area contributed by atoms with E-state index in [4.69, 9.17) is 10.5 Å². The summed E-state index contributed by atoms with van der Waals surface area (Å²) in [6.07, 6.45) is 0.931. The predicted octanol–water partition coefficient (Wildman–Crippen LogP) is 2.02. The SMILES string of the molecule is CCCOc1cccc(N(CC)CC(=O)NCC)c1N. The zero-order chi connectivity index (χ0) is 15.0. The van der Waals surface area contributed by atoms with Gasteiger partial charge in [-0.1, -0.05) is 13.0 Å². The molecule has 0 aliphatic rings. The molecule has 0 fully saturated rings. The number of likely N-dealkylation sites (N-methyl/N-ethyl adjacent to an activating group) is 2. The van der Waals surface area contributed by atoms with E-state index in [9.17, 15) is 4.79 Å². The second-order valence-corrected chi connectivity index (χ2v) is 4.51. The van der Waals surface area contributed by atoms with Gasteiger partial charge in [0.15, 0.2) is 0 Å². The molecule has 0 bridgehead atoms. The van der Waals surface area contributed by atoms with Crippen LogP contribution in [0.25, 0.3) is 0 Å². The average Bonchev–Trinajstić information content (AvgIpc) is 2.44. The van der Waals surface area contributed by atoms with Crippen LogP contribution in [0.5, 0.6) is 5.75 Å². The summed E-state index contributed by atoms with van der Waals surface area (Å²) in [5.41, 5.74) is 7.58. The van der Waals surface area contributed by atoms with Crippen LogP contribution >= 0.6 is 0 Å². The largest absolute Gasteiger partial charge is 0.491 e. The third-order valence-electron chi connectivity index (χ3n) is 2.94. The Morgan fingerprint density at radius 2 is 2.10 bits per heavy atom. The second kappa shape index (κ2) is 8.30. The minimum absolute atomic E-state index is 0.00590. The molecule has 1 aromatic rings. The molecule has 0 aliphatic carbocycles. The molecule has 5 nitrogen and oxygen atoms in total. The third kappa shape index (κ3) is 4.33. The van der Waals surface area contributed by atoms with Crippen molar-refractivity contribution in [2.45, 2.75) is 27.2 Å². The number of hydrogen-bond acceptors (Lipinski definition) is 4. The zero-order valence-electron chi connectivity index (χ0n) is 12.6. The fourth-order valence-corrected chi connectivity index (χ4v) is 1.94. The molecule has 0 heterocycles. The number of nitrogens with zero attached hydrogens (tertiary/aromatic N) is 1. The number of benzene rings is 1. The van der Waals surface area contributed by atoms with Gasteiger partial charge in [0.05, 0.1) is 24.5 Å². The maximum absolute atomic E-state index is 11.7. The molecule has 3 N–H and O–H groups in total. The molecule has 1 amide bonds. The summed E-state index contributed by atoms with van der Waals surface area (Å²) in [6, 6.07) is 5.67. The van der Waals surface area contributed by atoms with Crippen LogP contribution in [-0.2, 0) is 4.79 Å². The van der Waals surface area contributed by atoms with Crippen molar-refractivity contribution in [1.82, 2.24) is 5.32 Å². The van der Waals surface area contributed by atoms with Crippen molar-refractivity contribution >= 4 is 17.3 Å². The highest BCUT2D eigenvalue weighted by Gasteiger charge is 2.14. The number of nitrogens with two attached hydrogens (primary N) is 1. The molecular formula is C15H25N3O2. The Labute approximate surface area is 121 Å². The number of para-hydroxylation sites is 1. The predicted molar refractivity (Wildman–Crippen MR) is 83.2 cm³/mol. The first-order valence-electron chi connectivity index (χ1n) is 7.16. The van der Waals surface area contributed by atoms with Crippen LogP contribution < -0.4 is 20.7 Å². The minimum atomic E-state index is -0.00590. The van der Waals surface area contributed by atoms with Gasteiger partial charge in [-0.3, -0.25) is 4.79 Å². The van der Waals surface area contributed by atoms with Crippen molar-refractivity contribution < 1.29 is 9.53 Å². The van der Waals surface area contributed by atoms with E-state index in [1.54, 1.807) is 0 Å². The van der Waals surface area contributed by atoms with Gasteiger partial charge in [-0.05, 0) is 32.4 Å². The maximum Gasteiger partial charge on any atom is 0.239 e. The van der Waals surface area contributed by atoms with Crippen LogP contribution in [-0.4, -0.2) is 32.1 Å². The topological polar surface area (TPSA) is 67.6 Å². The number of hydrogen-bond donors (Lipinski definition) is 2. The van der Waals surface area contributed by atoms with Crippen molar-refractivity contribution in [3.8, 4) is 5.75 Å². The van der Waals surface area contributed by atoms with Crippen molar-refractivity contribution in [1.29, 1.82) is 0 Å². The number of carbonyl (C=O) groups excluding carboxylic acids is 1. The van der Waals surface area contributed by atoms with Gasteiger partial charge in [0, 0.05) is 13.1 Å². The van der Waals surface area contributed by atoms with E-state index in [2.05, 4.69) is 5.32 Å². The second-order valence-electron chi connectivity index (χ2n) is 4.51. The summed E-state index contributed by atoms with van der Waals surface area (Å²) in [6.45, 7) is 8.22. The molecule has 1 aromatic carbocycles. The Morgan fingerprint density at radius 1 is 1.35 bits per heavy atom. The van der Waals surface area contributed by atoms with Crippen LogP contribution in [0.15, 0.2) is 18.2 Å². The van der Waals surface area contributed by atoms with Gasteiger partial charge >= 0.3 is 0 Å². The van der Waals surface area contributed by atoms with E-state index in [0.29, 0.717) is 37.7 Å². The Bertz CT molecular complexity index is 435. The number of anilines is 2. The first-order valence-corrected chi connectivity index (χ1v) is 7.16. The van der Waals surface area contributed by atoms with Gasteiger partial charge in [-0.15, -0.1) is 0 Å². The van der Waals surface area contributed by atoms with Gasteiger partial charge in [0.2, 0.25) is 5.91 Å². The van der Waals surface area contributed by atoms with E-state index in [0.717, 1.165) is 12.1 Å².